The van der Waals surface area contributed by atoms with Gasteiger partial charge in [-0.3, -0.25) is 4.90 Å². The molecule has 108 valence electrons. The first-order chi connectivity index (χ1) is 9.13. The van der Waals surface area contributed by atoms with Gasteiger partial charge in [-0.2, -0.15) is 0 Å². The summed E-state index contributed by atoms with van der Waals surface area (Å²) in [6.45, 7) is 8.30. The minimum Gasteiger partial charge on any atom is -0.469 e. The molecule has 1 aliphatic rings. The van der Waals surface area contributed by atoms with Crippen molar-refractivity contribution in [2.75, 3.05) is 13.6 Å². The molecule has 1 aliphatic heterocycles. The SMILES string of the molecule is CNC1CCN(C(C)CCc2ccco2)C(C)C1C. The third-order valence-electron chi connectivity index (χ3n) is 4.94. The summed E-state index contributed by atoms with van der Waals surface area (Å²) in [6.07, 6.45) is 5.24. The Bertz CT molecular complexity index is 363. The first kappa shape index (κ1) is 14.6. The van der Waals surface area contributed by atoms with Gasteiger partial charge in [-0.15, -0.1) is 0 Å². The summed E-state index contributed by atoms with van der Waals surface area (Å²) < 4.78 is 5.43. The summed E-state index contributed by atoms with van der Waals surface area (Å²) in [5.74, 6) is 1.82. The van der Waals surface area contributed by atoms with Crippen LogP contribution in [-0.4, -0.2) is 36.6 Å². The lowest BCUT2D eigenvalue weighted by molar-refractivity contribution is 0.0515. The molecule has 2 heterocycles. The highest BCUT2D eigenvalue weighted by molar-refractivity contribution is 4.99. The molecular weight excluding hydrogens is 236 g/mol. The molecule has 3 nitrogen and oxygen atoms in total. The predicted octanol–water partition coefficient (Wildman–Crippen LogP) is 2.92. The molecule has 0 saturated carbocycles. The van der Waals surface area contributed by atoms with Crippen LogP contribution >= 0.6 is 0 Å². The Kier molecular flexibility index (Phi) is 5.06. The number of likely N-dealkylation sites (tertiary alicyclic amines) is 1. The summed E-state index contributed by atoms with van der Waals surface area (Å²) in [4.78, 5) is 2.67. The maximum Gasteiger partial charge on any atom is 0.103 e. The van der Waals surface area contributed by atoms with E-state index in [1.165, 1.54) is 19.4 Å². The minimum absolute atomic E-state index is 0.625. The van der Waals surface area contributed by atoms with E-state index < -0.39 is 0 Å². The zero-order chi connectivity index (χ0) is 13.8. The van der Waals surface area contributed by atoms with Gasteiger partial charge in [0.2, 0.25) is 0 Å². The Labute approximate surface area is 117 Å². The van der Waals surface area contributed by atoms with Crippen LogP contribution in [-0.2, 0) is 6.42 Å². The molecule has 4 atom stereocenters. The van der Waals surface area contributed by atoms with E-state index >= 15 is 0 Å². The van der Waals surface area contributed by atoms with Crippen molar-refractivity contribution < 1.29 is 4.42 Å². The minimum atomic E-state index is 0.625. The predicted molar refractivity (Wildman–Crippen MR) is 79.3 cm³/mol. The molecule has 0 spiro atoms. The third-order valence-corrected chi connectivity index (χ3v) is 4.94. The van der Waals surface area contributed by atoms with Crippen LogP contribution in [0, 0.1) is 5.92 Å². The Morgan fingerprint density at radius 2 is 2.26 bits per heavy atom. The highest BCUT2D eigenvalue weighted by atomic mass is 16.3. The highest BCUT2D eigenvalue weighted by Gasteiger charge is 2.33. The molecule has 0 aliphatic carbocycles. The van der Waals surface area contributed by atoms with Gasteiger partial charge in [-0.05, 0) is 51.8 Å². The fourth-order valence-corrected chi connectivity index (χ4v) is 3.39. The number of hydrogen-bond donors (Lipinski definition) is 1. The molecule has 0 radical (unpaired) electrons. The van der Waals surface area contributed by atoms with Gasteiger partial charge in [0.1, 0.15) is 5.76 Å². The largest absolute Gasteiger partial charge is 0.469 e. The normalized spacial score (nSPS) is 30.4. The zero-order valence-corrected chi connectivity index (χ0v) is 12.7. The molecule has 0 aromatic carbocycles. The summed E-state index contributed by atoms with van der Waals surface area (Å²) in [7, 11) is 2.09. The molecule has 0 bridgehead atoms. The smallest absolute Gasteiger partial charge is 0.103 e. The van der Waals surface area contributed by atoms with Crippen LogP contribution in [0.1, 0.15) is 39.4 Å². The summed E-state index contributed by atoms with van der Waals surface area (Å²) in [5, 5.41) is 3.46. The van der Waals surface area contributed by atoms with Gasteiger partial charge in [0.15, 0.2) is 0 Å². The lowest BCUT2D eigenvalue weighted by Crippen LogP contribution is -2.55. The summed E-state index contributed by atoms with van der Waals surface area (Å²) in [6, 6.07) is 6.00. The molecule has 0 amide bonds. The van der Waals surface area contributed by atoms with Gasteiger partial charge in [0.25, 0.3) is 0 Å². The lowest BCUT2D eigenvalue weighted by Gasteiger charge is -2.45. The van der Waals surface area contributed by atoms with Crippen molar-refractivity contribution in [1.29, 1.82) is 0 Å². The van der Waals surface area contributed by atoms with E-state index in [1.54, 1.807) is 6.26 Å². The fourth-order valence-electron chi connectivity index (χ4n) is 3.39. The van der Waals surface area contributed by atoms with Crippen molar-refractivity contribution in [3.63, 3.8) is 0 Å². The summed E-state index contributed by atoms with van der Waals surface area (Å²) >= 11 is 0. The van der Waals surface area contributed by atoms with Gasteiger partial charge < -0.3 is 9.73 Å². The molecule has 2 rings (SSSR count). The number of aryl methyl sites for hydroxylation is 1. The van der Waals surface area contributed by atoms with Crippen LogP contribution in [0.3, 0.4) is 0 Å². The fraction of sp³-hybridized carbons (Fsp3) is 0.750. The van der Waals surface area contributed by atoms with Crippen LogP contribution in [0.25, 0.3) is 0 Å². The first-order valence-electron chi connectivity index (χ1n) is 7.59. The second-order valence-corrected chi connectivity index (χ2v) is 5.99. The molecule has 1 aromatic rings. The van der Waals surface area contributed by atoms with Crippen molar-refractivity contribution in [3.8, 4) is 0 Å². The van der Waals surface area contributed by atoms with Gasteiger partial charge in [-0.25, -0.2) is 0 Å². The van der Waals surface area contributed by atoms with Crippen molar-refractivity contribution in [1.82, 2.24) is 10.2 Å². The third kappa shape index (κ3) is 3.40. The van der Waals surface area contributed by atoms with Gasteiger partial charge in [0, 0.05) is 31.1 Å². The molecule has 4 unspecified atom stereocenters. The van der Waals surface area contributed by atoms with Crippen LogP contribution in [0.15, 0.2) is 22.8 Å². The molecule has 1 N–H and O–H groups in total. The Morgan fingerprint density at radius 1 is 1.47 bits per heavy atom. The molecule has 1 aromatic heterocycles. The van der Waals surface area contributed by atoms with E-state index in [-0.39, 0.29) is 0 Å². The van der Waals surface area contributed by atoms with E-state index in [1.807, 2.05) is 6.07 Å². The monoisotopic (exact) mass is 264 g/mol. The number of furan rings is 1. The van der Waals surface area contributed by atoms with Crippen LogP contribution in [0.4, 0.5) is 0 Å². The van der Waals surface area contributed by atoms with Crippen molar-refractivity contribution in [2.24, 2.45) is 5.92 Å². The van der Waals surface area contributed by atoms with Crippen molar-refractivity contribution >= 4 is 0 Å². The number of nitrogens with one attached hydrogen (secondary N) is 1. The number of nitrogens with zero attached hydrogens (tertiary/aromatic N) is 1. The van der Waals surface area contributed by atoms with Crippen molar-refractivity contribution in [2.45, 2.75) is 58.2 Å². The van der Waals surface area contributed by atoms with Crippen LogP contribution < -0.4 is 5.32 Å². The average molecular weight is 264 g/mol. The number of hydrogen-bond acceptors (Lipinski definition) is 3. The highest BCUT2D eigenvalue weighted by Crippen LogP contribution is 2.26. The van der Waals surface area contributed by atoms with Gasteiger partial charge in [0.05, 0.1) is 6.26 Å². The second-order valence-electron chi connectivity index (χ2n) is 5.99. The van der Waals surface area contributed by atoms with Crippen LogP contribution in [0.2, 0.25) is 0 Å². The van der Waals surface area contributed by atoms with E-state index in [0.717, 1.165) is 12.2 Å². The second kappa shape index (κ2) is 6.58. The maximum absolute atomic E-state index is 5.43. The molecule has 19 heavy (non-hydrogen) atoms. The molecule has 1 saturated heterocycles. The van der Waals surface area contributed by atoms with E-state index in [9.17, 15) is 0 Å². The first-order valence-corrected chi connectivity index (χ1v) is 7.59. The zero-order valence-electron chi connectivity index (χ0n) is 12.7. The van der Waals surface area contributed by atoms with E-state index in [4.69, 9.17) is 4.42 Å². The molecular formula is C16H28N2O. The average Bonchev–Trinajstić information content (AvgIpc) is 2.92. The molecule has 3 heteroatoms. The Balaban J connectivity index is 1.87. The Morgan fingerprint density at radius 3 is 2.89 bits per heavy atom. The van der Waals surface area contributed by atoms with Crippen molar-refractivity contribution in [3.05, 3.63) is 24.2 Å². The quantitative estimate of drug-likeness (QED) is 0.886. The standard InChI is InChI=1S/C16H28N2O/c1-12(7-8-15-6-5-11-19-15)18-10-9-16(17-4)13(2)14(18)3/h5-6,11-14,16-17H,7-10H2,1-4H3. The Hall–Kier alpha value is -0.800. The summed E-state index contributed by atoms with van der Waals surface area (Å²) in [5.41, 5.74) is 0. The number of piperidine rings is 1. The van der Waals surface area contributed by atoms with Gasteiger partial charge >= 0.3 is 0 Å². The lowest BCUT2D eigenvalue weighted by atomic mass is 9.86. The van der Waals surface area contributed by atoms with Crippen LogP contribution in [0.5, 0.6) is 0 Å². The number of rotatable bonds is 5. The molecule has 1 fully saturated rings. The van der Waals surface area contributed by atoms with E-state index in [2.05, 4.69) is 44.1 Å². The topological polar surface area (TPSA) is 28.4 Å². The van der Waals surface area contributed by atoms with Gasteiger partial charge in [-0.1, -0.05) is 6.92 Å². The van der Waals surface area contributed by atoms with E-state index in [0.29, 0.717) is 24.0 Å². The maximum atomic E-state index is 5.43.